The number of pyridine rings is 1. The average molecular weight is 463 g/mol. The number of hydrogen-bond donors (Lipinski definition) is 4. The summed E-state index contributed by atoms with van der Waals surface area (Å²) in [6.45, 7) is -0.334. The molecule has 0 unspecified atom stereocenters. The van der Waals surface area contributed by atoms with Crippen LogP contribution in [0.3, 0.4) is 0 Å². The molecule has 3 aromatic rings. The molecule has 0 saturated carbocycles. The summed E-state index contributed by atoms with van der Waals surface area (Å²) < 4.78 is 56.7. The lowest BCUT2D eigenvalue weighted by Crippen LogP contribution is -2.40. The lowest BCUT2D eigenvalue weighted by molar-refractivity contribution is 0.0801. The molecule has 0 fully saturated rings. The normalized spacial score (nSPS) is 11.7. The van der Waals surface area contributed by atoms with Crippen molar-refractivity contribution in [3.8, 4) is 11.3 Å². The minimum absolute atomic E-state index is 0.310. The number of carbonyl (C=O) groups is 2. The highest BCUT2D eigenvalue weighted by Crippen LogP contribution is 2.33. The maximum atomic E-state index is 14.5. The summed E-state index contributed by atoms with van der Waals surface area (Å²) in [5.74, 6) is -5.70. The molecular formula is C21H17F4N5O3. The summed E-state index contributed by atoms with van der Waals surface area (Å²) in [7, 11) is 0. The van der Waals surface area contributed by atoms with Crippen LogP contribution in [0.25, 0.3) is 11.3 Å². The molecule has 33 heavy (non-hydrogen) atoms. The summed E-state index contributed by atoms with van der Waals surface area (Å²) in [5.41, 5.74) is 8.64. The molecule has 3 amide bonds. The summed E-state index contributed by atoms with van der Waals surface area (Å²) in [5, 5.41) is 11.8. The Morgan fingerprint density at radius 2 is 1.70 bits per heavy atom. The van der Waals surface area contributed by atoms with Gasteiger partial charge in [0.15, 0.2) is 0 Å². The number of aliphatic hydroxyl groups is 1. The molecule has 0 bridgehead atoms. The SMILES string of the molecule is NC[C@@H](O)NC(=O)c1ccc(N(C(N)=O)c2c(F)cccc2F)nc1-c1ccc(F)cc1F. The van der Waals surface area contributed by atoms with Crippen LogP contribution in [0.15, 0.2) is 48.5 Å². The van der Waals surface area contributed by atoms with E-state index in [0.29, 0.717) is 11.0 Å². The van der Waals surface area contributed by atoms with Crippen LogP contribution < -0.4 is 21.7 Å². The van der Waals surface area contributed by atoms with Crippen molar-refractivity contribution in [2.45, 2.75) is 6.23 Å². The molecule has 1 aromatic heterocycles. The van der Waals surface area contributed by atoms with Crippen LogP contribution in [-0.4, -0.2) is 34.8 Å². The fourth-order valence-corrected chi connectivity index (χ4v) is 2.97. The van der Waals surface area contributed by atoms with E-state index >= 15 is 0 Å². The number of carbonyl (C=O) groups excluding carboxylic acids is 2. The second-order valence-electron chi connectivity index (χ2n) is 6.66. The number of rotatable bonds is 6. The first-order chi connectivity index (χ1) is 15.6. The zero-order valence-electron chi connectivity index (χ0n) is 16.7. The van der Waals surface area contributed by atoms with Gasteiger partial charge in [-0.3, -0.25) is 4.79 Å². The van der Waals surface area contributed by atoms with Gasteiger partial charge in [0, 0.05) is 18.2 Å². The Labute approximate surface area is 184 Å². The molecule has 3 rings (SSSR count). The Morgan fingerprint density at radius 3 is 2.27 bits per heavy atom. The summed E-state index contributed by atoms with van der Waals surface area (Å²) in [4.78, 5) is 29.1. The fraction of sp³-hybridized carbons (Fsp3) is 0.0952. The van der Waals surface area contributed by atoms with Gasteiger partial charge in [-0.05, 0) is 36.4 Å². The van der Waals surface area contributed by atoms with Crippen LogP contribution in [0.4, 0.5) is 33.9 Å². The molecule has 6 N–H and O–H groups in total. The first-order valence-electron chi connectivity index (χ1n) is 9.33. The van der Waals surface area contributed by atoms with Gasteiger partial charge in [-0.15, -0.1) is 0 Å². The molecule has 2 aromatic carbocycles. The molecule has 0 saturated heterocycles. The topological polar surface area (TPSA) is 135 Å². The van der Waals surface area contributed by atoms with E-state index in [9.17, 15) is 32.3 Å². The fourth-order valence-electron chi connectivity index (χ4n) is 2.97. The zero-order valence-corrected chi connectivity index (χ0v) is 16.7. The van der Waals surface area contributed by atoms with E-state index < -0.39 is 58.6 Å². The van der Waals surface area contributed by atoms with Gasteiger partial charge >= 0.3 is 6.03 Å². The monoisotopic (exact) mass is 463 g/mol. The minimum atomic E-state index is -1.45. The van der Waals surface area contributed by atoms with Crippen LogP contribution in [0.2, 0.25) is 0 Å². The predicted molar refractivity (Wildman–Crippen MR) is 110 cm³/mol. The lowest BCUT2D eigenvalue weighted by atomic mass is 10.0. The standard InChI is InChI=1S/C21H17F4N5O3/c22-10-4-5-11(15(25)8-10)18-12(20(32)29-17(31)9-26)6-7-16(28-18)30(21(27)33)19-13(23)2-1-3-14(19)24/h1-8,17,31H,9,26H2,(H2,27,33)(H,29,32)/t17-/m1/s1. The average Bonchev–Trinajstić information content (AvgIpc) is 2.75. The number of nitrogens with one attached hydrogen (secondary N) is 1. The van der Waals surface area contributed by atoms with E-state index in [1.807, 2.05) is 0 Å². The summed E-state index contributed by atoms with van der Waals surface area (Å²) in [6.07, 6.45) is -1.45. The lowest BCUT2D eigenvalue weighted by Gasteiger charge is -2.22. The van der Waals surface area contributed by atoms with Gasteiger partial charge in [0.25, 0.3) is 5.91 Å². The van der Waals surface area contributed by atoms with Gasteiger partial charge < -0.3 is 21.9 Å². The molecule has 0 aliphatic heterocycles. The first kappa shape index (κ1) is 23.6. The highest BCUT2D eigenvalue weighted by Gasteiger charge is 2.27. The summed E-state index contributed by atoms with van der Waals surface area (Å²) in [6, 6.07) is 6.00. The molecule has 8 nitrogen and oxygen atoms in total. The molecule has 0 spiro atoms. The Morgan fingerprint density at radius 1 is 1.03 bits per heavy atom. The second-order valence-corrected chi connectivity index (χ2v) is 6.66. The third-order valence-corrected chi connectivity index (χ3v) is 4.44. The number of benzene rings is 2. The third kappa shape index (κ3) is 4.91. The number of nitrogens with zero attached hydrogens (tertiary/aromatic N) is 2. The van der Waals surface area contributed by atoms with E-state index in [1.54, 1.807) is 0 Å². The largest absolute Gasteiger partial charge is 0.372 e. The van der Waals surface area contributed by atoms with Gasteiger partial charge in [0.05, 0.1) is 11.3 Å². The highest BCUT2D eigenvalue weighted by atomic mass is 19.1. The zero-order chi connectivity index (χ0) is 24.3. The van der Waals surface area contributed by atoms with Gasteiger partial charge in [-0.25, -0.2) is 32.2 Å². The number of aliphatic hydroxyl groups excluding tert-OH is 1. The van der Waals surface area contributed by atoms with Crippen molar-refractivity contribution in [3.05, 3.63) is 77.4 Å². The molecular weight excluding hydrogens is 446 g/mol. The number of para-hydroxylation sites is 1. The number of urea groups is 1. The number of nitrogens with two attached hydrogens (primary N) is 2. The second kappa shape index (κ2) is 9.63. The number of amides is 3. The van der Waals surface area contributed by atoms with Crippen molar-refractivity contribution < 1.29 is 32.3 Å². The van der Waals surface area contributed by atoms with Gasteiger partial charge in [0.2, 0.25) is 0 Å². The Balaban J connectivity index is 2.24. The van der Waals surface area contributed by atoms with Gasteiger partial charge in [0.1, 0.15) is 41.0 Å². The quantitative estimate of drug-likeness (QED) is 0.329. The van der Waals surface area contributed by atoms with Crippen molar-refractivity contribution >= 4 is 23.4 Å². The van der Waals surface area contributed by atoms with Gasteiger partial charge in [-0.2, -0.15) is 0 Å². The van der Waals surface area contributed by atoms with Crippen LogP contribution in [0, 0.1) is 23.3 Å². The van der Waals surface area contributed by atoms with E-state index in [2.05, 4.69) is 10.3 Å². The Kier molecular flexibility index (Phi) is 6.89. The minimum Gasteiger partial charge on any atom is -0.372 e. The molecule has 0 aliphatic rings. The molecule has 0 radical (unpaired) electrons. The van der Waals surface area contributed by atoms with E-state index in [0.717, 1.165) is 42.5 Å². The van der Waals surface area contributed by atoms with Crippen LogP contribution in [0.5, 0.6) is 0 Å². The molecule has 172 valence electrons. The van der Waals surface area contributed by atoms with Crippen molar-refractivity contribution in [2.24, 2.45) is 11.5 Å². The number of anilines is 2. The smallest absolute Gasteiger partial charge is 0.325 e. The highest BCUT2D eigenvalue weighted by molar-refractivity contribution is 6.02. The molecule has 1 atom stereocenters. The van der Waals surface area contributed by atoms with E-state index in [4.69, 9.17) is 11.5 Å². The predicted octanol–water partition coefficient (Wildman–Crippen LogP) is 2.53. The van der Waals surface area contributed by atoms with E-state index in [1.165, 1.54) is 0 Å². The van der Waals surface area contributed by atoms with Crippen molar-refractivity contribution in [3.63, 3.8) is 0 Å². The van der Waals surface area contributed by atoms with Gasteiger partial charge in [-0.1, -0.05) is 6.07 Å². The van der Waals surface area contributed by atoms with E-state index in [-0.39, 0.29) is 17.7 Å². The maximum absolute atomic E-state index is 14.5. The summed E-state index contributed by atoms with van der Waals surface area (Å²) >= 11 is 0. The van der Waals surface area contributed by atoms with Crippen molar-refractivity contribution in [1.29, 1.82) is 0 Å². The van der Waals surface area contributed by atoms with Crippen molar-refractivity contribution in [2.75, 3.05) is 11.4 Å². The van der Waals surface area contributed by atoms with Crippen LogP contribution in [-0.2, 0) is 0 Å². The number of primary amides is 1. The van der Waals surface area contributed by atoms with Crippen LogP contribution >= 0.6 is 0 Å². The molecule has 1 heterocycles. The number of aromatic nitrogens is 1. The maximum Gasteiger partial charge on any atom is 0.325 e. The molecule has 0 aliphatic carbocycles. The third-order valence-electron chi connectivity index (χ3n) is 4.44. The first-order valence-corrected chi connectivity index (χ1v) is 9.33. The van der Waals surface area contributed by atoms with Crippen LogP contribution in [0.1, 0.15) is 10.4 Å². The Bertz CT molecular complexity index is 1200. The number of hydrogen-bond acceptors (Lipinski definition) is 5. The number of halogens is 4. The molecule has 12 heteroatoms. The Hall–Kier alpha value is -4.03. The van der Waals surface area contributed by atoms with Crippen molar-refractivity contribution in [1.82, 2.24) is 10.3 Å².